The molecule has 0 aromatic heterocycles. The van der Waals surface area contributed by atoms with Crippen LogP contribution in [0.1, 0.15) is 12.5 Å². The van der Waals surface area contributed by atoms with Crippen molar-refractivity contribution < 1.29 is 0 Å². The molecule has 0 heterocycles. The van der Waals surface area contributed by atoms with Gasteiger partial charge in [-0.15, -0.1) is 17.5 Å². The Morgan fingerprint density at radius 2 is 2.07 bits per heavy atom. The molecule has 0 aliphatic carbocycles. The maximum Gasteiger partial charge on any atom is 0.0576 e. The van der Waals surface area contributed by atoms with Gasteiger partial charge < -0.3 is 5.32 Å². The van der Waals surface area contributed by atoms with E-state index in [-0.39, 0.29) is 5.38 Å². The Kier molecular flexibility index (Phi) is 5.92. The topological polar surface area (TPSA) is 12.0 Å². The summed E-state index contributed by atoms with van der Waals surface area (Å²) in [5, 5.41) is 3.33. The molecule has 0 radical (unpaired) electrons. The van der Waals surface area contributed by atoms with E-state index in [1.807, 2.05) is 25.1 Å². The Balaban J connectivity index is 2.23. The van der Waals surface area contributed by atoms with Crippen LogP contribution in [0.25, 0.3) is 0 Å². The van der Waals surface area contributed by atoms with Crippen molar-refractivity contribution in [2.45, 2.75) is 18.7 Å². The Hall–Kier alpha value is -0.970. The third kappa shape index (κ3) is 5.47. The molecular weight excluding hydrogens is 206 g/mol. The maximum absolute atomic E-state index is 6.18. The molecule has 0 saturated heterocycles. The van der Waals surface area contributed by atoms with E-state index in [0.717, 1.165) is 13.0 Å². The summed E-state index contributed by atoms with van der Waals surface area (Å²) in [5.74, 6) is 5.78. The maximum atomic E-state index is 6.18. The fourth-order valence-electron chi connectivity index (χ4n) is 1.32. The molecule has 1 atom stereocenters. The van der Waals surface area contributed by atoms with Crippen LogP contribution in [0.3, 0.4) is 0 Å². The zero-order chi connectivity index (χ0) is 10.9. The number of hydrogen-bond donors (Lipinski definition) is 1. The molecule has 1 rings (SSSR count). The van der Waals surface area contributed by atoms with Gasteiger partial charge in [0.2, 0.25) is 0 Å². The molecule has 0 fully saturated rings. The molecule has 1 unspecified atom stereocenters. The number of nitrogens with one attached hydrogen (secondary N) is 1. The average Bonchev–Trinajstić information content (AvgIpc) is 2.26. The minimum atomic E-state index is 0.131. The molecule has 0 spiro atoms. The Morgan fingerprint density at radius 1 is 1.33 bits per heavy atom. The first-order valence-electron chi connectivity index (χ1n) is 5.11. The van der Waals surface area contributed by atoms with Gasteiger partial charge in [0.1, 0.15) is 0 Å². The molecule has 1 N–H and O–H groups in total. The van der Waals surface area contributed by atoms with Gasteiger partial charge in [-0.3, -0.25) is 0 Å². The van der Waals surface area contributed by atoms with E-state index < -0.39 is 0 Å². The summed E-state index contributed by atoms with van der Waals surface area (Å²) in [6.45, 7) is 3.35. The highest BCUT2D eigenvalue weighted by Crippen LogP contribution is 2.06. The number of benzene rings is 1. The van der Waals surface area contributed by atoms with E-state index in [2.05, 4.69) is 29.3 Å². The van der Waals surface area contributed by atoms with Crippen LogP contribution in [0.4, 0.5) is 0 Å². The molecule has 1 nitrogen and oxygen atoms in total. The van der Waals surface area contributed by atoms with Crippen molar-refractivity contribution in [3.8, 4) is 11.8 Å². The quantitative estimate of drug-likeness (QED) is 0.458. The van der Waals surface area contributed by atoms with Gasteiger partial charge in [0.05, 0.1) is 11.9 Å². The molecule has 80 valence electrons. The minimum Gasteiger partial charge on any atom is -0.305 e. The van der Waals surface area contributed by atoms with Gasteiger partial charge in [-0.2, -0.15) is 0 Å². The first-order chi connectivity index (χ1) is 7.33. The number of hydrogen-bond acceptors (Lipinski definition) is 1. The summed E-state index contributed by atoms with van der Waals surface area (Å²) in [7, 11) is 0. The van der Waals surface area contributed by atoms with E-state index in [9.17, 15) is 0 Å². The lowest BCUT2D eigenvalue weighted by Crippen LogP contribution is -2.24. The van der Waals surface area contributed by atoms with Crippen molar-refractivity contribution >= 4 is 11.6 Å². The number of alkyl halides is 1. The van der Waals surface area contributed by atoms with Crippen molar-refractivity contribution in [1.29, 1.82) is 0 Å². The van der Waals surface area contributed by atoms with Crippen LogP contribution in [0.2, 0.25) is 0 Å². The first-order valence-corrected chi connectivity index (χ1v) is 5.55. The fraction of sp³-hybridized carbons (Fsp3) is 0.385. The van der Waals surface area contributed by atoms with Crippen molar-refractivity contribution in [1.82, 2.24) is 5.32 Å². The summed E-state index contributed by atoms with van der Waals surface area (Å²) in [6, 6.07) is 10.3. The second-order valence-corrected chi connectivity index (χ2v) is 3.96. The Labute approximate surface area is 96.8 Å². The summed E-state index contributed by atoms with van der Waals surface area (Å²) in [5.41, 5.74) is 1.28. The molecule has 1 aromatic carbocycles. The summed E-state index contributed by atoms with van der Waals surface area (Å²) in [4.78, 5) is 0. The highest BCUT2D eigenvalue weighted by Gasteiger charge is 2.04. The monoisotopic (exact) mass is 221 g/mol. The smallest absolute Gasteiger partial charge is 0.0576 e. The molecule has 0 amide bonds. The molecule has 0 saturated carbocycles. The van der Waals surface area contributed by atoms with Crippen molar-refractivity contribution in [3.63, 3.8) is 0 Å². The predicted octanol–water partition coefficient (Wildman–Crippen LogP) is 2.45. The SMILES string of the molecule is CC#CCNCC(Cl)Cc1ccccc1. The second-order valence-electron chi connectivity index (χ2n) is 3.34. The van der Waals surface area contributed by atoms with Crippen LogP contribution < -0.4 is 5.32 Å². The van der Waals surface area contributed by atoms with E-state index >= 15 is 0 Å². The number of halogens is 1. The molecule has 15 heavy (non-hydrogen) atoms. The molecule has 0 bridgehead atoms. The van der Waals surface area contributed by atoms with Crippen LogP contribution in [0.5, 0.6) is 0 Å². The van der Waals surface area contributed by atoms with Gasteiger partial charge in [-0.25, -0.2) is 0 Å². The van der Waals surface area contributed by atoms with Crippen molar-refractivity contribution in [2.75, 3.05) is 13.1 Å². The van der Waals surface area contributed by atoms with Gasteiger partial charge in [0.15, 0.2) is 0 Å². The first kappa shape index (κ1) is 12.1. The fourth-order valence-corrected chi connectivity index (χ4v) is 1.61. The lowest BCUT2D eigenvalue weighted by Gasteiger charge is -2.09. The van der Waals surface area contributed by atoms with Crippen molar-refractivity contribution in [3.05, 3.63) is 35.9 Å². The summed E-state index contributed by atoms with van der Waals surface area (Å²) < 4.78 is 0. The van der Waals surface area contributed by atoms with Gasteiger partial charge in [0, 0.05) is 6.54 Å². The molecule has 1 aromatic rings. The van der Waals surface area contributed by atoms with Crippen LogP contribution >= 0.6 is 11.6 Å². The van der Waals surface area contributed by atoms with Gasteiger partial charge >= 0.3 is 0 Å². The lowest BCUT2D eigenvalue weighted by atomic mass is 10.1. The minimum absolute atomic E-state index is 0.131. The Bertz CT molecular complexity index is 323. The molecular formula is C13H16ClN. The third-order valence-corrected chi connectivity index (χ3v) is 2.36. The van der Waals surface area contributed by atoms with E-state index in [0.29, 0.717) is 6.54 Å². The zero-order valence-corrected chi connectivity index (χ0v) is 9.72. The van der Waals surface area contributed by atoms with Crippen LogP contribution in [0.15, 0.2) is 30.3 Å². The zero-order valence-electron chi connectivity index (χ0n) is 8.96. The second kappa shape index (κ2) is 7.34. The van der Waals surface area contributed by atoms with Crippen LogP contribution in [0, 0.1) is 11.8 Å². The number of rotatable bonds is 5. The lowest BCUT2D eigenvalue weighted by molar-refractivity contribution is 0.705. The summed E-state index contributed by atoms with van der Waals surface area (Å²) in [6.07, 6.45) is 0.898. The van der Waals surface area contributed by atoms with E-state index in [1.165, 1.54) is 5.56 Å². The largest absolute Gasteiger partial charge is 0.305 e. The standard InChI is InChI=1S/C13H16ClN/c1-2-3-9-15-11-13(14)10-12-7-5-4-6-8-12/h4-8,13,15H,9-11H2,1H3. The van der Waals surface area contributed by atoms with Crippen LogP contribution in [-0.4, -0.2) is 18.5 Å². The van der Waals surface area contributed by atoms with Crippen molar-refractivity contribution in [2.24, 2.45) is 0 Å². The molecule has 0 aliphatic heterocycles. The average molecular weight is 222 g/mol. The van der Waals surface area contributed by atoms with Gasteiger partial charge in [-0.05, 0) is 18.9 Å². The van der Waals surface area contributed by atoms with Gasteiger partial charge in [-0.1, -0.05) is 36.3 Å². The Morgan fingerprint density at radius 3 is 2.73 bits per heavy atom. The third-order valence-electron chi connectivity index (χ3n) is 2.06. The molecule has 0 aliphatic rings. The molecule has 2 heteroatoms. The van der Waals surface area contributed by atoms with Gasteiger partial charge in [0.25, 0.3) is 0 Å². The normalized spacial score (nSPS) is 11.6. The summed E-state index contributed by atoms with van der Waals surface area (Å²) >= 11 is 6.18. The highest BCUT2D eigenvalue weighted by atomic mass is 35.5. The van der Waals surface area contributed by atoms with E-state index in [4.69, 9.17) is 11.6 Å². The predicted molar refractivity (Wildman–Crippen MR) is 66.1 cm³/mol. The van der Waals surface area contributed by atoms with E-state index in [1.54, 1.807) is 0 Å². The van der Waals surface area contributed by atoms with Crippen LogP contribution in [-0.2, 0) is 6.42 Å². The highest BCUT2D eigenvalue weighted by molar-refractivity contribution is 6.20.